The van der Waals surface area contributed by atoms with Crippen LogP contribution in [0.3, 0.4) is 0 Å². The monoisotopic (exact) mass is 1450 g/mol. The van der Waals surface area contributed by atoms with E-state index in [-0.39, 0.29) is 5.82 Å². The number of hydrogen-bond acceptors (Lipinski definition) is 2. The van der Waals surface area contributed by atoms with E-state index < -0.39 is 11.7 Å². The first-order valence-electron chi connectivity index (χ1n) is 38.3. The molecule has 0 radical (unpaired) electrons. The van der Waals surface area contributed by atoms with Crippen LogP contribution >= 0.6 is 0 Å². The summed E-state index contributed by atoms with van der Waals surface area (Å²) in [6, 6.07) is 126. The number of benzene rings is 18. The van der Waals surface area contributed by atoms with Gasteiger partial charge in [0.2, 0.25) is 0 Å². The lowest BCUT2D eigenvalue weighted by Crippen LogP contribution is -2.03. The number of nitrogens with zero attached hydrogens (tertiary/aromatic N) is 2. The molecule has 0 aliphatic heterocycles. The molecule has 113 heavy (non-hydrogen) atoms. The maximum atomic E-state index is 13.9. The Kier molecular flexibility index (Phi) is 14.1. The molecule has 4 aliphatic rings. The first-order valence-corrected chi connectivity index (χ1v) is 38.3. The SMILES string of the molecule is FC(F)(F)c1ccc(-c2ccc3c(c2)-c2cc(-c4ccc5c6c(cccc46)-c4c-5c(-c5ccccc5)c5ccccc5c4-c4ccccc4)nc4cccc-3c24)cc1.Fc1ccc(-c2ccc3c(c2)-c2cc(-c4ccc5c6c(cccc46)-c4c-5c(-c5ccccc5)c5ccccc5c4-c4ccccc4)nc4cccc-3c24)cc1. The Morgan fingerprint density at radius 2 is 0.487 bits per heavy atom. The van der Waals surface area contributed by atoms with Crippen molar-refractivity contribution in [1.82, 2.24) is 9.97 Å². The van der Waals surface area contributed by atoms with E-state index >= 15 is 0 Å². The minimum Gasteiger partial charge on any atom is -0.248 e. The van der Waals surface area contributed by atoms with Gasteiger partial charge in [0.05, 0.1) is 28.0 Å². The van der Waals surface area contributed by atoms with Gasteiger partial charge in [0, 0.05) is 21.9 Å². The summed E-state index contributed by atoms with van der Waals surface area (Å²) in [6.45, 7) is 0. The minimum atomic E-state index is -4.38. The van der Waals surface area contributed by atoms with Gasteiger partial charge in [-0.1, -0.05) is 303 Å². The van der Waals surface area contributed by atoms with Crippen LogP contribution in [0, 0.1) is 5.82 Å². The van der Waals surface area contributed by atoms with E-state index in [1.165, 1.54) is 166 Å². The number of rotatable bonds is 8. The van der Waals surface area contributed by atoms with Crippen LogP contribution in [0.1, 0.15) is 5.56 Å². The molecule has 0 bridgehead atoms. The zero-order chi connectivity index (χ0) is 74.9. The van der Waals surface area contributed by atoms with E-state index in [0.29, 0.717) is 0 Å². The third-order valence-electron chi connectivity index (χ3n) is 24.0. The van der Waals surface area contributed by atoms with Gasteiger partial charge in [-0.25, -0.2) is 14.4 Å². The maximum Gasteiger partial charge on any atom is 0.416 e. The van der Waals surface area contributed by atoms with E-state index in [1.54, 1.807) is 12.1 Å². The molecule has 2 aromatic heterocycles. The van der Waals surface area contributed by atoms with Gasteiger partial charge >= 0.3 is 6.18 Å². The van der Waals surface area contributed by atoms with Crippen molar-refractivity contribution in [2.24, 2.45) is 0 Å². The number of pyridine rings is 2. The van der Waals surface area contributed by atoms with Gasteiger partial charge in [-0.3, -0.25) is 0 Å². The molecule has 0 saturated heterocycles. The summed E-state index contributed by atoms with van der Waals surface area (Å²) in [6.07, 6.45) is -4.38. The van der Waals surface area contributed by atoms with Gasteiger partial charge < -0.3 is 0 Å². The Morgan fingerprint density at radius 3 is 0.858 bits per heavy atom. The number of fused-ring (bicyclic) bond motifs is 14. The van der Waals surface area contributed by atoms with Crippen LogP contribution in [0.4, 0.5) is 17.6 Å². The highest BCUT2D eigenvalue weighted by molar-refractivity contribution is 6.31. The molecule has 526 valence electrons. The van der Waals surface area contributed by atoms with Crippen LogP contribution < -0.4 is 0 Å². The van der Waals surface area contributed by atoms with E-state index in [4.69, 9.17) is 9.97 Å². The Hall–Kier alpha value is -14.5. The average molecular weight is 1450 g/mol. The van der Waals surface area contributed by atoms with Gasteiger partial charge in [-0.05, 0) is 260 Å². The lowest BCUT2D eigenvalue weighted by atomic mass is 9.82. The van der Waals surface area contributed by atoms with Gasteiger partial charge in [0.15, 0.2) is 0 Å². The van der Waals surface area contributed by atoms with Crippen molar-refractivity contribution in [3.63, 3.8) is 0 Å². The highest BCUT2D eigenvalue weighted by Gasteiger charge is 2.36. The third-order valence-corrected chi connectivity index (χ3v) is 24.0. The molecule has 0 fully saturated rings. The zero-order valence-electron chi connectivity index (χ0n) is 60.5. The van der Waals surface area contributed by atoms with Crippen molar-refractivity contribution in [2.45, 2.75) is 6.18 Å². The number of alkyl halides is 3. The van der Waals surface area contributed by atoms with Crippen molar-refractivity contribution in [3.05, 3.63) is 375 Å². The molecular weight excluding hydrogens is 1390 g/mol. The van der Waals surface area contributed by atoms with Gasteiger partial charge in [0.1, 0.15) is 5.82 Å². The summed E-state index contributed by atoms with van der Waals surface area (Å²) in [5.74, 6) is -0.230. The second-order valence-electron chi connectivity index (χ2n) is 29.9. The smallest absolute Gasteiger partial charge is 0.248 e. The molecule has 18 aromatic carbocycles. The molecule has 0 atom stereocenters. The van der Waals surface area contributed by atoms with Crippen molar-refractivity contribution in [1.29, 1.82) is 0 Å². The molecule has 4 aliphatic carbocycles. The van der Waals surface area contributed by atoms with E-state index in [1.807, 2.05) is 18.2 Å². The highest BCUT2D eigenvalue weighted by atomic mass is 19.4. The van der Waals surface area contributed by atoms with Gasteiger partial charge in [0.25, 0.3) is 0 Å². The molecule has 20 aromatic rings. The average Bonchev–Trinajstić information content (AvgIpc) is 1.55. The standard InChI is InChI=1S/C54H30F3N.C53H30FN/c55-54(56,57)35-24-21-31(22-25-35)34-23-26-36-38-18-10-20-46-51(38)45(44(36)29-34)30-47(58-46)37-27-28-43-50-39(37)17-9-19-42(50)52-48(32-11-3-1-4-12-32)40-15-7-8-16-41(40)49(53(43)52)33-13-5-2-6-14-33;54-35-24-21-31(22-25-35)34-23-26-36-38-18-10-20-46-51(38)45(44(36)29-34)30-47(55-46)37-27-28-43-50-39(37)17-9-19-42(50)52-48(32-11-3-1-4-12-32)40-15-7-8-16-41(40)49(53(43)52)33-13-5-2-6-14-33/h1-30H;1-30H. The summed E-state index contributed by atoms with van der Waals surface area (Å²) >= 11 is 0. The van der Waals surface area contributed by atoms with Crippen molar-refractivity contribution >= 4 is 64.9 Å². The van der Waals surface area contributed by atoms with Crippen molar-refractivity contribution < 1.29 is 17.6 Å². The van der Waals surface area contributed by atoms with Crippen LogP contribution in [0.15, 0.2) is 364 Å². The first kappa shape index (κ1) is 64.5. The maximum absolute atomic E-state index is 13.9. The molecule has 0 saturated carbocycles. The van der Waals surface area contributed by atoms with Crippen LogP contribution in [0.25, 0.3) is 243 Å². The Labute approximate surface area is 648 Å². The van der Waals surface area contributed by atoms with Crippen molar-refractivity contribution in [2.75, 3.05) is 0 Å². The Morgan fingerprint density at radius 1 is 0.186 bits per heavy atom. The predicted octanol–water partition coefficient (Wildman–Crippen LogP) is 30.2. The number of hydrogen-bond donors (Lipinski definition) is 0. The molecule has 0 spiro atoms. The molecular formula is C107H60F4N2. The van der Waals surface area contributed by atoms with E-state index in [9.17, 15) is 17.6 Å². The fraction of sp³-hybridized carbons (Fsp3) is 0.00935. The fourth-order valence-electron chi connectivity index (χ4n) is 19.2. The number of aromatic nitrogens is 2. The molecule has 0 amide bonds. The van der Waals surface area contributed by atoms with Gasteiger partial charge in [-0.15, -0.1) is 0 Å². The van der Waals surface area contributed by atoms with Crippen LogP contribution in [0.5, 0.6) is 0 Å². The zero-order valence-corrected chi connectivity index (χ0v) is 60.5. The van der Waals surface area contributed by atoms with Crippen LogP contribution in [0.2, 0.25) is 0 Å². The molecule has 2 nitrogen and oxygen atoms in total. The minimum absolute atomic E-state index is 0.230. The normalized spacial score (nSPS) is 12.2. The largest absolute Gasteiger partial charge is 0.416 e. The second-order valence-corrected chi connectivity index (χ2v) is 29.9. The molecule has 24 rings (SSSR count). The highest BCUT2D eigenvalue weighted by Crippen LogP contribution is 2.62. The fourth-order valence-corrected chi connectivity index (χ4v) is 19.2. The van der Waals surface area contributed by atoms with Crippen LogP contribution in [-0.4, -0.2) is 9.97 Å². The Bertz CT molecular complexity index is 7290. The molecule has 2 heterocycles. The van der Waals surface area contributed by atoms with Crippen molar-refractivity contribution in [3.8, 4) is 178 Å². The first-order chi connectivity index (χ1) is 55.6. The van der Waals surface area contributed by atoms with E-state index in [2.05, 4.69) is 309 Å². The van der Waals surface area contributed by atoms with Gasteiger partial charge in [-0.2, -0.15) is 13.2 Å². The topological polar surface area (TPSA) is 25.8 Å². The number of halogens is 4. The second kappa shape index (κ2) is 24.8. The lowest BCUT2D eigenvalue weighted by Gasteiger charge is -2.20. The predicted molar refractivity (Wildman–Crippen MR) is 460 cm³/mol. The summed E-state index contributed by atoms with van der Waals surface area (Å²) in [5.41, 5.74) is 37.9. The molecule has 0 unspecified atom stereocenters. The lowest BCUT2D eigenvalue weighted by molar-refractivity contribution is -0.137. The van der Waals surface area contributed by atoms with Crippen LogP contribution in [-0.2, 0) is 6.18 Å². The molecule has 0 N–H and O–H groups in total. The summed E-state index contributed by atoms with van der Waals surface area (Å²) in [4.78, 5) is 10.7. The summed E-state index contributed by atoms with van der Waals surface area (Å²) in [7, 11) is 0. The Balaban J connectivity index is 0.000000135. The quantitative estimate of drug-likeness (QED) is 0.142. The third kappa shape index (κ3) is 9.79. The van der Waals surface area contributed by atoms with E-state index in [0.717, 1.165) is 101 Å². The molecule has 6 heteroatoms. The summed E-state index contributed by atoms with van der Waals surface area (Å²) in [5, 5.41) is 12.1. The summed E-state index contributed by atoms with van der Waals surface area (Å²) < 4.78 is 54.1.